The number of likely N-dealkylation sites (N-methyl/N-ethyl adjacent to an activating group) is 1. The minimum absolute atomic E-state index is 0.233. The SMILES string of the molecule is CC1CCN(S(=O)(=O)c2ccc(C(=O)Nc3sc4c(c3-c3nc5ccccc5s3)CC[NH+](C)C4)cc2)CC1. The van der Waals surface area contributed by atoms with Crippen LogP contribution in [0.4, 0.5) is 5.00 Å². The van der Waals surface area contributed by atoms with E-state index >= 15 is 0 Å². The summed E-state index contributed by atoms with van der Waals surface area (Å²) >= 11 is 3.28. The number of fused-ring (bicyclic) bond motifs is 2. The number of quaternary nitrogens is 1. The molecule has 10 heteroatoms. The van der Waals surface area contributed by atoms with Crippen LogP contribution in [-0.2, 0) is 23.0 Å². The van der Waals surface area contributed by atoms with Crippen molar-refractivity contribution in [2.75, 3.05) is 32.0 Å². The van der Waals surface area contributed by atoms with Crippen LogP contribution in [0.3, 0.4) is 0 Å². The molecule has 2 aliphatic rings. The van der Waals surface area contributed by atoms with Gasteiger partial charge in [0.15, 0.2) is 0 Å². The summed E-state index contributed by atoms with van der Waals surface area (Å²) in [5.74, 6) is 0.298. The Bertz CT molecular complexity index is 1570. The second-order valence-electron chi connectivity index (χ2n) is 10.4. The first kappa shape index (κ1) is 25.6. The van der Waals surface area contributed by atoms with Crippen LogP contribution >= 0.6 is 22.7 Å². The van der Waals surface area contributed by atoms with Gasteiger partial charge in [0, 0.05) is 30.6 Å². The van der Waals surface area contributed by atoms with E-state index in [2.05, 4.69) is 25.4 Å². The Labute approximate surface area is 231 Å². The lowest BCUT2D eigenvalue weighted by Gasteiger charge is -2.29. The Hall–Kier alpha value is -2.63. The largest absolute Gasteiger partial charge is 0.333 e. The van der Waals surface area contributed by atoms with E-state index < -0.39 is 10.0 Å². The number of benzene rings is 2. The fraction of sp³-hybridized carbons (Fsp3) is 0.357. The Kier molecular flexibility index (Phi) is 6.86. The van der Waals surface area contributed by atoms with E-state index in [0.717, 1.165) is 58.1 Å². The number of anilines is 1. The Morgan fingerprint density at radius 3 is 2.55 bits per heavy atom. The van der Waals surface area contributed by atoms with Gasteiger partial charge in [0.25, 0.3) is 5.91 Å². The van der Waals surface area contributed by atoms with Gasteiger partial charge in [0.1, 0.15) is 16.6 Å². The smallest absolute Gasteiger partial charge is 0.256 e. The number of para-hydroxylation sites is 1. The fourth-order valence-electron chi connectivity index (χ4n) is 5.24. The molecule has 1 amide bonds. The van der Waals surface area contributed by atoms with Gasteiger partial charge in [-0.15, -0.1) is 22.7 Å². The van der Waals surface area contributed by atoms with Crippen molar-refractivity contribution in [1.82, 2.24) is 9.29 Å². The molecule has 1 unspecified atom stereocenters. The molecule has 2 aromatic heterocycles. The average Bonchev–Trinajstić information content (AvgIpc) is 3.49. The van der Waals surface area contributed by atoms with E-state index in [4.69, 9.17) is 4.98 Å². The van der Waals surface area contributed by atoms with Crippen LogP contribution in [-0.4, -0.2) is 50.3 Å². The zero-order valence-corrected chi connectivity index (χ0v) is 23.9. The predicted molar refractivity (Wildman–Crippen MR) is 154 cm³/mol. The molecule has 7 nitrogen and oxygen atoms in total. The number of sulfonamides is 1. The number of hydrogen-bond donors (Lipinski definition) is 2. The number of thiazole rings is 1. The number of amides is 1. The van der Waals surface area contributed by atoms with Crippen LogP contribution in [0.1, 0.15) is 40.6 Å². The van der Waals surface area contributed by atoms with Crippen molar-refractivity contribution in [3.63, 3.8) is 0 Å². The molecule has 6 rings (SSSR count). The highest BCUT2D eigenvalue weighted by atomic mass is 32.2. The molecule has 198 valence electrons. The molecule has 0 bridgehead atoms. The third-order valence-electron chi connectivity index (χ3n) is 7.59. The third kappa shape index (κ3) is 4.80. The summed E-state index contributed by atoms with van der Waals surface area (Å²) < 4.78 is 28.9. The molecule has 0 radical (unpaired) electrons. The van der Waals surface area contributed by atoms with Crippen LogP contribution < -0.4 is 10.2 Å². The van der Waals surface area contributed by atoms with Gasteiger partial charge in [-0.2, -0.15) is 4.31 Å². The molecule has 1 saturated heterocycles. The monoisotopic (exact) mass is 567 g/mol. The second-order valence-corrected chi connectivity index (χ2v) is 14.5. The summed E-state index contributed by atoms with van der Waals surface area (Å²) in [7, 11) is -1.36. The van der Waals surface area contributed by atoms with E-state index in [1.165, 1.54) is 15.3 Å². The molecule has 1 atom stereocenters. The number of carbonyl (C=O) groups excluding carboxylic acids is 1. The topological polar surface area (TPSA) is 83.8 Å². The maximum absolute atomic E-state index is 13.4. The van der Waals surface area contributed by atoms with E-state index in [1.807, 2.05) is 18.2 Å². The standard InChI is InChI=1S/C28H30N4O3S3/c1-18-11-15-32(16-12-18)38(34,35)20-9-7-19(8-10-20)26(33)30-28-25(21-13-14-31(2)17-24(21)37-28)27-29-22-5-3-4-6-23(22)36-27/h3-10,18H,11-17H2,1-2H3,(H,30,33)/p+1. The zero-order valence-electron chi connectivity index (χ0n) is 21.5. The van der Waals surface area contributed by atoms with Gasteiger partial charge < -0.3 is 10.2 Å². The number of nitrogens with one attached hydrogen (secondary N) is 2. The van der Waals surface area contributed by atoms with Gasteiger partial charge >= 0.3 is 0 Å². The predicted octanol–water partition coefficient (Wildman–Crippen LogP) is 4.27. The molecular weight excluding hydrogens is 537 g/mol. The lowest BCUT2D eigenvalue weighted by Crippen LogP contribution is -3.08. The summed E-state index contributed by atoms with van der Waals surface area (Å²) in [4.78, 5) is 21.2. The Balaban J connectivity index is 1.28. The van der Waals surface area contributed by atoms with E-state index in [-0.39, 0.29) is 10.8 Å². The molecule has 4 aromatic rings. The highest BCUT2D eigenvalue weighted by molar-refractivity contribution is 7.89. The van der Waals surface area contributed by atoms with Crippen molar-refractivity contribution in [1.29, 1.82) is 0 Å². The molecule has 0 spiro atoms. The van der Waals surface area contributed by atoms with Crippen molar-refractivity contribution < 1.29 is 18.1 Å². The van der Waals surface area contributed by atoms with Crippen LogP contribution in [0.25, 0.3) is 20.8 Å². The number of hydrogen-bond acceptors (Lipinski definition) is 6. The van der Waals surface area contributed by atoms with Crippen LogP contribution in [0.2, 0.25) is 0 Å². The molecule has 2 aliphatic heterocycles. The number of thiophene rings is 1. The highest BCUT2D eigenvalue weighted by Gasteiger charge is 2.30. The van der Waals surface area contributed by atoms with Crippen LogP contribution in [0.15, 0.2) is 53.4 Å². The molecule has 2 N–H and O–H groups in total. The molecule has 0 aliphatic carbocycles. The number of nitrogens with zero attached hydrogens (tertiary/aromatic N) is 2. The van der Waals surface area contributed by atoms with Gasteiger partial charge in [-0.1, -0.05) is 19.1 Å². The van der Waals surface area contributed by atoms with Crippen LogP contribution in [0, 0.1) is 5.92 Å². The normalized spacial score (nSPS) is 18.9. The van der Waals surface area contributed by atoms with Gasteiger partial charge in [0.05, 0.1) is 33.6 Å². The number of carbonyl (C=O) groups is 1. The highest BCUT2D eigenvalue weighted by Crippen LogP contribution is 2.44. The zero-order chi connectivity index (χ0) is 26.4. The first-order valence-corrected chi connectivity index (χ1v) is 16.1. The first-order chi connectivity index (χ1) is 18.3. The number of piperidine rings is 1. The summed E-state index contributed by atoms with van der Waals surface area (Å²) in [6.07, 6.45) is 2.69. The number of rotatable bonds is 5. The van der Waals surface area contributed by atoms with Gasteiger partial charge in [0.2, 0.25) is 10.0 Å². The van der Waals surface area contributed by atoms with Gasteiger partial charge in [-0.3, -0.25) is 4.79 Å². The van der Waals surface area contributed by atoms with Crippen molar-refractivity contribution in [2.45, 2.75) is 37.6 Å². The van der Waals surface area contributed by atoms with Crippen molar-refractivity contribution in [3.05, 3.63) is 64.5 Å². The summed E-state index contributed by atoms with van der Waals surface area (Å²) in [6.45, 7) is 5.21. The van der Waals surface area contributed by atoms with E-state index in [0.29, 0.717) is 24.6 Å². The Morgan fingerprint density at radius 2 is 1.82 bits per heavy atom. The molecule has 2 aromatic carbocycles. The van der Waals surface area contributed by atoms with E-state index in [9.17, 15) is 13.2 Å². The fourth-order valence-corrected chi connectivity index (χ4v) is 9.18. The van der Waals surface area contributed by atoms with Gasteiger partial charge in [-0.05, 0) is 60.7 Å². The third-order valence-corrected chi connectivity index (χ3v) is 11.7. The average molecular weight is 568 g/mol. The van der Waals surface area contributed by atoms with Crippen molar-refractivity contribution in [2.24, 2.45) is 5.92 Å². The minimum Gasteiger partial charge on any atom is -0.333 e. The lowest BCUT2D eigenvalue weighted by molar-refractivity contribution is -0.895. The van der Waals surface area contributed by atoms with Crippen LogP contribution in [0.5, 0.6) is 0 Å². The Morgan fingerprint density at radius 1 is 1.08 bits per heavy atom. The van der Waals surface area contributed by atoms with Crippen molar-refractivity contribution in [3.8, 4) is 10.6 Å². The summed E-state index contributed by atoms with van der Waals surface area (Å²) in [6, 6.07) is 14.4. The van der Waals surface area contributed by atoms with Crippen molar-refractivity contribution >= 4 is 53.8 Å². The summed E-state index contributed by atoms with van der Waals surface area (Å²) in [5, 5.41) is 4.88. The molecule has 38 heavy (non-hydrogen) atoms. The second kappa shape index (κ2) is 10.2. The number of aromatic nitrogens is 1. The van der Waals surface area contributed by atoms with Gasteiger partial charge in [-0.25, -0.2) is 13.4 Å². The molecule has 4 heterocycles. The molecular formula is C28H31N4O3S3+. The van der Waals surface area contributed by atoms with E-state index in [1.54, 1.807) is 51.2 Å². The minimum atomic E-state index is -3.56. The first-order valence-electron chi connectivity index (χ1n) is 13.0. The quantitative estimate of drug-likeness (QED) is 0.377. The maximum Gasteiger partial charge on any atom is 0.256 e. The lowest BCUT2D eigenvalue weighted by atomic mass is 10.0. The molecule has 0 saturated carbocycles. The maximum atomic E-state index is 13.4. The molecule has 1 fully saturated rings. The summed E-state index contributed by atoms with van der Waals surface area (Å²) in [5.41, 5.74) is 3.71.